The standard InChI is InChI=1S/C22H19N3O4/c1-16-3-2-4-18(13-16)15-29-21-11-5-17(6-12-21)14-23-24-22(26)19-7-9-20(10-8-19)25(27)28/h2-14H,15H2,1H3,(H,24,26)/b23-14+. The van der Waals surface area contributed by atoms with Crippen molar-refractivity contribution in [1.29, 1.82) is 0 Å². The van der Waals surface area contributed by atoms with Gasteiger partial charge in [-0.2, -0.15) is 5.10 Å². The second-order valence-electron chi connectivity index (χ2n) is 6.35. The summed E-state index contributed by atoms with van der Waals surface area (Å²) in [5.41, 5.74) is 5.68. The zero-order valence-electron chi connectivity index (χ0n) is 15.7. The van der Waals surface area contributed by atoms with E-state index in [9.17, 15) is 14.9 Å². The van der Waals surface area contributed by atoms with Crippen LogP contribution in [0.4, 0.5) is 5.69 Å². The Kier molecular flexibility index (Phi) is 6.32. The van der Waals surface area contributed by atoms with Crippen molar-refractivity contribution in [1.82, 2.24) is 5.43 Å². The highest BCUT2D eigenvalue weighted by Crippen LogP contribution is 2.14. The van der Waals surface area contributed by atoms with Gasteiger partial charge < -0.3 is 4.74 Å². The molecule has 7 nitrogen and oxygen atoms in total. The van der Waals surface area contributed by atoms with Gasteiger partial charge in [0.25, 0.3) is 11.6 Å². The number of nitro benzene ring substituents is 1. The molecule has 0 radical (unpaired) electrons. The first-order chi connectivity index (χ1) is 14.0. The number of amides is 1. The first kappa shape index (κ1) is 19.8. The van der Waals surface area contributed by atoms with Crippen molar-refractivity contribution in [2.45, 2.75) is 13.5 Å². The summed E-state index contributed by atoms with van der Waals surface area (Å²) in [5, 5.41) is 14.5. The molecule has 1 N–H and O–H groups in total. The van der Waals surface area contributed by atoms with E-state index in [1.54, 1.807) is 0 Å². The van der Waals surface area contributed by atoms with Crippen molar-refractivity contribution in [3.05, 3.63) is 105 Å². The Labute approximate surface area is 167 Å². The molecular formula is C22H19N3O4. The molecule has 0 fully saturated rings. The number of hydrogen-bond acceptors (Lipinski definition) is 5. The Hall–Kier alpha value is -4.00. The van der Waals surface area contributed by atoms with Crippen LogP contribution in [-0.4, -0.2) is 17.0 Å². The van der Waals surface area contributed by atoms with Gasteiger partial charge in [-0.05, 0) is 54.4 Å². The molecule has 0 spiro atoms. The molecule has 1 amide bonds. The van der Waals surface area contributed by atoms with Gasteiger partial charge in [0.15, 0.2) is 0 Å². The summed E-state index contributed by atoms with van der Waals surface area (Å²) in [4.78, 5) is 22.1. The van der Waals surface area contributed by atoms with Crippen LogP contribution in [0.5, 0.6) is 5.75 Å². The van der Waals surface area contributed by atoms with Crippen molar-refractivity contribution < 1.29 is 14.5 Å². The number of non-ortho nitro benzene ring substituents is 1. The Bertz CT molecular complexity index is 1030. The molecule has 0 bridgehead atoms. The summed E-state index contributed by atoms with van der Waals surface area (Å²) < 4.78 is 5.77. The van der Waals surface area contributed by atoms with Crippen LogP contribution in [0, 0.1) is 17.0 Å². The molecule has 146 valence electrons. The molecule has 3 aromatic carbocycles. The Morgan fingerprint density at radius 2 is 1.83 bits per heavy atom. The summed E-state index contributed by atoms with van der Waals surface area (Å²) in [6.45, 7) is 2.53. The second-order valence-corrected chi connectivity index (χ2v) is 6.35. The van der Waals surface area contributed by atoms with Gasteiger partial charge in [-0.15, -0.1) is 0 Å². The lowest BCUT2D eigenvalue weighted by Gasteiger charge is -2.07. The van der Waals surface area contributed by atoms with Crippen LogP contribution in [0.1, 0.15) is 27.0 Å². The Morgan fingerprint density at radius 1 is 1.10 bits per heavy atom. The molecule has 7 heteroatoms. The molecule has 0 aliphatic rings. The number of hydrazone groups is 1. The first-order valence-corrected chi connectivity index (χ1v) is 8.87. The molecule has 0 atom stereocenters. The number of aryl methyl sites for hydroxylation is 1. The fourth-order valence-electron chi connectivity index (χ4n) is 2.58. The number of carbonyl (C=O) groups is 1. The minimum Gasteiger partial charge on any atom is -0.489 e. The molecular weight excluding hydrogens is 370 g/mol. The van der Waals surface area contributed by atoms with E-state index in [-0.39, 0.29) is 11.3 Å². The highest BCUT2D eigenvalue weighted by molar-refractivity contribution is 5.95. The lowest BCUT2D eigenvalue weighted by molar-refractivity contribution is -0.384. The van der Waals surface area contributed by atoms with Gasteiger partial charge >= 0.3 is 0 Å². The first-order valence-electron chi connectivity index (χ1n) is 8.87. The van der Waals surface area contributed by atoms with Gasteiger partial charge in [-0.3, -0.25) is 14.9 Å². The van der Waals surface area contributed by atoms with E-state index < -0.39 is 10.8 Å². The van der Waals surface area contributed by atoms with Crippen LogP contribution < -0.4 is 10.2 Å². The average molecular weight is 389 g/mol. The molecule has 0 unspecified atom stereocenters. The predicted molar refractivity (Wildman–Crippen MR) is 110 cm³/mol. The Morgan fingerprint density at radius 3 is 2.48 bits per heavy atom. The number of nitrogens with one attached hydrogen (secondary N) is 1. The Balaban J connectivity index is 1.51. The van der Waals surface area contributed by atoms with Crippen molar-refractivity contribution in [2.75, 3.05) is 0 Å². The van der Waals surface area contributed by atoms with Crippen molar-refractivity contribution >= 4 is 17.8 Å². The molecule has 0 aliphatic heterocycles. The molecule has 0 saturated heterocycles. The third kappa shape index (κ3) is 5.74. The minimum atomic E-state index is -0.520. The fraction of sp³-hybridized carbons (Fsp3) is 0.0909. The van der Waals surface area contributed by atoms with Gasteiger partial charge in [0.1, 0.15) is 12.4 Å². The predicted octanol–water partition coefficient (Wildman–Crippen LogP) is 4.25. The summed E-state index contributed by atoms with van der Waals surface area (Å²) in [6.07, 6.45) is 1.51. The summed E-state index contributed by atoms with van der Waals surface area (Å²) in [5.74, 6) is 0.285. The molecule has 0 saturated carbocycles. The zero-order valence-corrected chi connectivity index (χ0v) is 15.7. The van der Waals surface area contributed by atoms with E-state index >= 15 is 0 Å². The molecule has 3 aromatic rings. The van der Waals surface area contributed by atoms with Gasteiger partial charge in [0.05, 0.1) is 11.1 Å². The third-order valence-electron chi connectivity index (χ3n) is 4.09. The van der Waals surface area contributed by atoms with E-state index in [1.165, 1.54) is 36.0 Å². The lowest BCUT2D eigenvalue weighted by atomic mass is 10.1. The lowest BCUT2D eigenvalue weighted by Crippen LogP contribution is -2.17. The fourth-order valence-corrected chi connectivity index (χ4v) is 2.58. The number of benzene rings is 3. The number of nitrogens with zero attached hydrogens (tertiary/aromatic N) is 2. The normalized spacial score (nSPS) is 10.7. The van der Waals surface area contributed by atoms with Crippen LogP contribution in [0.2, 0.25) is 0 Å². The summed E-state index contributed by atoms with van der Waals surface area (Å²) in [6, 6.07) is 20.7. The second kappa shape index (κ2) is 9.27. The topological polar surface area (TPSA) is 93.8 Å². The number of ether oxygens (including phenoxy) is 1. The van der Waals surface area contributed by atoms with Gasteiger partial charge in [0, 0.05) is 17.7 Å². The third-order valence-corrected chi connectivity index (χ3v) is 4.09. The SMILES string of the molecule is Cc1cccc(COc2ccc(/C=N/NC(=O)c3ccc([N+](=O)[O-])cc3)cc2)c1. The highest BCUT2D eigenvalue weighted by atomic mass is 16.6. The maximum Gasteiger partial charge on any atom is 0.271 e. The van der Waals surface area contributed by atoms with E-state index in [0.717, 1.165) is 16.9 Å². The maximum absolute atomic E-state index is 12.0. The monoisotopic (exact) mass is 389 g/mol. The van der Waals surface area contributed by atoms with Crippen LogP contribution in [0.3, 0.4) is 0 Å². The van der Waals surface area contributed by atoms with Crippen molar-refractivity contribution in [2.24, 2.45) is 5.10 Å². The average Bonchev–Trinajstić information content (AvgIpc) is 2.73. The number of nitro groups is 1. The van der Waals surface area contributed by atoms with Crippen LogP contribution in [0.15, 0.2) is 77.9 Å². The molecule has 3 rings (SSSR count). The van der Waals surface area contributed by atoms with E-state index in [0.29, 0.717) is 6.61 Å². The van der Waals surface area contributed by atoms with E-state index in [2.05, 4.69) is 16.6 Å². The zero-order chi connectivity index (χ0) is 20.6. The van der Waals surface area contributed by atoms with Crippen LogP contribution in [0.25, 0.3) is 0 Å². The molecule has 29 heavy (non-hydrogen) atoms. The molecule has 0 aliphatic carbocycles. The molecule has 0 aromatic heterocycles. The summed E-state index contributed by atoms with van der Waals surface area (Å²) in [7, 11) is 0. The van der Waals surface area contributed by atoms with Crippen LogP contribution in [-0.2, 0) is 6.61 Å². The molecule has 0 heterocycles. The van der Waals surface area contributed by atoms with E-state index in [1.807, 2.05) is 49.4 Å². The van der Waals surface area contributed by atoms with E-state index in [4.69, 9.17) is 4.74 Å². The number of rotatable bonds is 7. The smallest absolute Gasteiger partial charge is 0.271 e. The minimum absolute atomic E-state index is 0.0743. The van der Waals surface area contributed by atoms with Crippen molar-refractivity contribution in [3.8, 4) is 5.75 Å². The van der Waals surface area contributed by atoms with Crippen molar-refractivity contribution in [3.63, 3.8) is 0 Å². The maximum atomic E-state index is 12.0. The summed E-state index contributed by atoms with van der Waals surface area (Å²) >= 11 is 0. The van der Waals surface area contributed by atoms with Crippen LogP contribution >= 0.6 is 0 Å². The number of hydrogen-bond donors (Lipinski definition) is 1. The highest BCUT2D eigenvalue weighted by Gasteiger charge is 2.08. The van der Waals surface area contributed by atoms with Gasteiger partial charge in [-0.25, -0.2) is 5.43 Å². The van der Waals surface area contributed by atoms with Gasteiger partial charge in [-0.1, -0.05) is 29.8 Å². The largest absolute Gasteiger partial charge is 0.489 e. The van der Waals surface area contributed by atoms with Gasteiger partial charge in [0.2, 0.25) is 0 Å². The quantitative estimate of drug-likeness (QED) is 0.371. The number of carbonyl (C=O) groups excluding carboxylic acids is 1.